The molecule has 0 aromatic rings. The number of likely N-dealkylation sites (tertiary alicyclic amines) is 1. The smallest absolute Gasteiger partial charge is 0.00103 e. The van der Waals surface area contributed by atoms with Crippen molar-refractivity contribution in [3.8, 4) is 0 Å². The first-order chi connectivity index (χ1) is 5.29. The predicted molar refractivity (Wildman–Crippen MR) is 50.9 cm³/mol. The molecule has 0 unspecified atom stereocenters. The third kappa shape index (κ3) is 3.73. The summed E-state index contributed by atoms with van der Waals surface area (Å²) < 4.78 is 0. The zero-order valence-electron chi connectivity index (χ0n) is 7.77. The molecule has 0 aliphatic carbocycles. The molecule has 1 heterocycles. The molecule has 2 heteroatoms. The van der Waals surface area contributed by atoms with Gasteiger partial charge < -0.3 is 10.2 Å². The Morgan fingerprint density at radius 1 is 1.45 bits per heavy atom. The van der Waals surface area contributed by atoms with E-state index in [1.54, 1.807) is 0 Å². The fourth-order valence-electron chi connectivity index (χ4n) is 1.30. The van der Waals surface area contributed by atoms with Gasteiger partial charge in [-0.2, -0.15) is 0 Å². The highest BCUT2D eigenvalue weighted by Gasteiger charge is 2.11. The Morgan fingerprint density at radius 2 is 2.18 bits per heavy atom. The van der Waals surface area contributed by atoms with Gasteiger partial charge in [-0.05, 0) is 39.0 Å². The number of hydrogen-bond donors (Lipinski definition) is 1. The van der Waals surface area contributed by atoms with Crippen molar-refractivity contribution in [2.24, 2.45) is 0 Å². The summed E-state index contributed by atoms with van der Waals surface area (Å²) in [6.07, 6.45) is 2.72. The Kier molecular flexibility index (Phi) is 3.87. The van der Waals surface area contributed by atoms with Crippen molar-refractivity contribution in [1.29, 1.82) is 0 Å². The monoisotopic (exact) mass is 158 g/mol. The largest absolute Gasteiger partial charge is 0.314 e. The van der Waals surface area contributed by atoms with Gasteiger partial charge in [0.25, 0.3) is 0 Å². The lowest BCUT2D eigenvalue weighted by atomic mass is 10.2. The van der Waals surface area contributed by atoms with Crippen LogP contribution in [0.25, 0.3) is 0 Å². The first-order valence-corrected chi connectivity index (χ1v) is 4.75. The molecule has 0 spiro atoms. The molecule has 68 valence electrons. The average Bonchev–Trinajstić information content (AvgIpc) is 1.82. The second-order valence-electron chi connectivity index (χ2n) is 3.66. The molecule has 0 saturated carbocycles. The minimum absolute atomic E-state index is 0. The van der Waals surface area contributed by atoms with Crippen LogP contribution in [0.2, 0.25) is 0 Å². The van der Waals surface area contributed by atoms with Crippen molar-refractivity contribution in [2.75, 3.05) is 26.2 Å². The molecule has 1 aliphatic heterocycles. The first-order valence-electron chi connectivity index (χ1n) is 4.75. The fraction of sp³-hybridized carbons (Fsp3) is 1.00. The van der Waals surface area contributed by atoms with Crippen molar-refractivity contribution in [2.45, 2.75) is 32.7 Å². The Bertz CT molecular complexity index is 103. The maximum Gasteiger partial charge on any atom is 0.00103 e. The summed E-state index contributed by atoms with van der Waals surface area (Å²) in [7, 11) is 0. The van der Waals surface area contributed by atoms with Gasteiger partial charge in [0, 0.05) is 7.47 Å². The van der Waals surface area contributed by atoms with Gasteiger partial charge in [0.2, 0.25) is 0 Å². The molecule has 1 N–H and O–H groups in total. The summed E-state index contributed by atoms with van der Waals surface area (Å²) in [5, 5.41) is 3.42. The predicted octanol–water partition coefficient (Wildman–Crippen LogP) is 1.33. The summed E-state index contributed by atoms with van der Waals surface area (Å²) in [6, 6.07) is 0.645. The fourth-order valence-corrected chi connectivity index (χ4v) is 1.30. The molecule has 0 amide bonds. The second kappa shape index (κ2) is 4.73. The van der Waals surface area contributed by atoms with Crippen LogP contribution in [0.1, 0.15) is 28.1 Å². The van der Waals surface area contributed by atoms with Gasteiger partial charge in [0.1, 0.15) is 0 Å². The molecule has 1 rings (SSSR count). The molecule has 0 bridgehead atoms. The lowest BCUT2D eigenvalue weighted by molar-refractivity contribution is 0.179. The summed E-state index contributed by atoms with van der Waals surface area (Å²) in [5.41, 5.74) is 0. The molecule has 1 fully saturated rings. The van der Waals surface area contributed by atoms with E-state index in [1.807, 2.05) is 0 Å². The van der Waals surface area contributed by atoms with Crippen LogP contribution in [-0.4, -0.2) is 37.1 Å². The molecule has 11 heavy (non-hydrogen) atoms. The minimum atomic E-state index is 0. The van der Waals surface area contributed by atoms with Crippen LogP contribution in [-0.2, 0) is 0 Å². The zero-order chi connectivity index (χ0) is 8.10. The third-order valence-corrected chi connectivity index (χ3v) is 2.15. The van der Waals surface area contributed by atoms with E-state index in [0.29, 0.717) is 6.04 Å². The van der Waals surface area contributed by atoms with Crippen LogP contribution in [0.4, 0.5) is 0 Å². The standard InChI is InChI=1S/C9H20N2.H2/c1-9(2)10-5-3-6-11-7-4-8-11;/h9-10H,3-8H2,1-2H3;1H. The summed E-state index contributed by atoms with van der Waals surface area (Å²) in [4.78, 5) is 2.52. The van der Waals surface area contributed by atoms with Crippen LogP contribution < -0.4 is 5.32 Å². The SMILES string of the molecule is CC(C)NCCCN1CCC1.[HH]. The highest BCUT2D eigenvalue weighted by atomic mass is 15.2. The molecule has 1 aliphatic rings. The van der Waals surface area contributed by atoms with E-state index in [2.05, 4.69) is 24.1 Å². The van der Waals surface area contributed by atoms with Gasteiger partial charge in [-0.15, -0.1) is 0 Å². The maximum absolute atomic E-state index is 3.42. The van der Waals surface area contributed by atoms with Crippen LogP contribution in [0, 0.1) is 0 Å². The van der Waals surface area contributed by atoms with Crippen LogP contribution in [0.3, 0.4) is 0 Å². The van der Waals surface area contributed by atoms with Crippen LogP contribution >= 0.6 is 0 Å². The van der Waals surface area contributed by atoms with E-state index in [1.165, 1.54) is 39.0 Å². The van der Waals surface area contributed by atoms with E-state index in [0.717, 1.165) is 0 Å². The van der Waals surface area contributed by atoms with E-state index in [-0.39, 0.29) is 1.43 Å². The Labute approximate surface area is 71.4 Å². The van der Waals surface area contributed by atoms with Gasteiger partial charge >= 0.3 is 0 Å². The van der Waals surface area contributed by atoms with Crippen molar-refractivity contribution < 1.29 is 1.43 Å². The van der Waals surface area contributed by atoms with Gasteiger partial charge in [-0.1, -0.05) is 13.8 Å². The van der Waals surface area contributed by atoms with E-state index < -0.39 is 0 Å². The topological polar surface area (TPSA) is 15.3 Å². The minimum Gasteiger partial charge on any atom is -0.314 e. The molecule has 0 aromatic heterocycles. The quantitative estimate of drug-likeness (QED) is 0.607. The van der Waals surface area contributed by atoms with E-state index in [4.69, 9.17) is 0 Å². The van der Waals surface area contributed by atoms with E-state index >= 15 is 0 Å². The molecule has 0 atom stereocenters. The molecule has 1 saturated heterocycles. The lowest BCUT2D eigenvalue weighted by Crippen LogP contribution is -2.39. The van der Waals surface area contributed by atoms with Crippen molar-refractivity contribution >= 4 is 0 Å². The lowest BCUT2D eigenvalue weighted by Gasteiger charge is -2.30. The highest BCUT2D eigenvalue weighted by molar-refractivity contribution is 4.68. The third-order valence-electron chi connectivity index (χ3n) is 2.15. The van der Waals surface area contributed by atoms with Crippen molar-refractivity contribution in [3.63, 3.8) is 0 Å². The zero-order valence-corrected chi connectivity index (χ0v) is 7.77. The average molecular weight is 158 g/mol. The number of nitrogens with zero attached hydrogens (tertiary/aromatic N) is 1. The Morgan fingerprint density at radius 3 is 2.64 bits per heavy atom. The van der Waals surface area contributed by atoms with Crippen molar-refractivity contribution in [1.82, 2.24) is 10.2 Å². The maximum atomic E-state index is 3.42. The van der Waals surface area contributed by atoms with Crippen LogP contribution in [0.5, 0.6) is 0 Å². The molecular formula is C9H22N2. The summed E-state index contributed by atoms with van der Waals surface area (Å²) in [6.45, 7) is 9.53. The first kappa shape index (κ1) is 9.01. The number of nitrogens with one attached hydrogen (secondary N) is 1. The van der Waals surface area contributed by atoms with Gasteiger partial charge in [-0.25, -0.2) is 0 Å². The van der Waals surface area contributed by atoms with Gasteiger partial charge in [0.15, 0.2) is 0 Å². The van der Waals surface area contributed by atoms with E-state index in [9.17, 15) is 0 Å². The number of hydrogen-bond acceptors (Lipinski definition) is 2. The molecular weight excluding hydrogens is 136 g/mol. The van der Waals surface area contributed by atoms with Gasteiger partial charge in [-0.3, -0.25) is 0 Å². The van der Waals surface area contributed by atoms with Crippen LogP contribution in [0.15, 0.2) is 0 Å². The number of rotatable bonds is 5. The molecule has 2 nitrogen and oxygen atoms in total. The Hall–Kier alpha value is -0.0800. The van der Waals surface area contributed by atoms with Gasteiger partial charge in [0.05, 0.1) is 0 Å². The summed E-state index contributed by atoms with van der Waals surface area (Å²) >= 11 is 0. The summed E-state index contributed by atoms with van der Waals surface area (Å²) in [5.74, 6) is 0. The second-order valence-corrected chi connectivity index (χ2v) is 3.66. The Balaban J connectivity index is 0.00000121. The van der Waals surface area contributed by atoms with Crippen molar-refractivity contribution in [3.05, 3.63) is 0 Å². The normalized spacial score (nSPS) is 18.8. The highest BCUT2D eigenvalue weighted by Crippen LogP contribution is 2.04. The molecule has 0 aromatic carbocycles. The molecule has 0 radical (unpaired) electrons.